The van der Waals surface area contributed by atoms with Gasteiger partial charge in [-0.3, -0.25) is 0 Å². The van der Waals surface area contributed by atoms with Gasteiger partial charge in [0.05, 0.1) is 6.33 Å². The highest BCUT2D eigenvalue weighted by molar-refractivity contribution is 5.82. The molecule has 2 amide bonds. The third-order valence-electron chi connectivity index (χ3n) is 2.62. The zero-order valence-electron chi connectivity index (χ0n) is 11.0. The first-order chi connectivity index (χ1) is 9.04. The number of carbonyl (C=O) groups excluding carboxylic acids is 1. The second kappa shape index (κ2) is 7.37. The van der Waals surface area contributed by atoms with Crippen LogP contribution in [0.2, 0.25) is 0 Å². The SMILES string of the molecule is CNCCN(C)C(=O)NC(Cc1cnc[nH]1)C(=O)O. The number of carboxylic acids is 1. The number of aromatic nitrogens is 2. The molecule has 0 aliphatic heterocycles. The Morgan fingerprint density at radius 3 is 2.84 bits per heavy atom. The van der Waals surface area contributed by atoms with Crippen LogP contribution >= 0.6 is 0 Å². The number of likely N-dealkylation sites (N-methyl/N-ethyl adjacent to an activating group) is 2. The van der Waals surface area contributed by atoms with Crippen LogP contribution < -0.4 is 10.6 Å². The van der Waals surface area contributed by atoms with Gasteiger partial charge in [0.25, 0.3) is 0 Å². The molecule has 4 N–H and O–H groups in total. The second-order valence-electron chi connectivity index (χ2n) is 4.15. The van der Waals surface area contributed by atoms with E-state index in [1.165, 1.54) is 17.4 Å². The lowest BCUT2D eigenvalue weighted by Gasteiger charge is -2.21. The Morgan fingerprint density at radius 1 is 1.58 bits per heavy atom. The molecule has 0 aromatic carbocycles. The van der Waals surface area contributed by atoms with Crippen LogP contribution in [-0.4, -0.2) is 65.2 Å². The van der Waals surface area contributed by atoms with E-state index in [4.69, 9.17) is 5.11 Å². The number of aromatic amines is 1. The summed E-state index contributed by atoms with van der Waals surface area (Å²) < 4.78 is 0. The minimum Gasteiger partial charge on any atom is -0.480 e. The summed E-state index contributed by atoms with van der Waals surface area (Å²) in [6.45, 7) is 1.14. The molecular weight excluding hydrogens is 250 g/mol. The lowest BCUT2D eigenvalue weighted by molar-refractivity contribution is -0.139. The van der Waals surface area contributed by atoms with Crippen LogP contribution in [0.3, 0.4) is 0 Å². The molecule has 1 aromatic heterocycles. The first-order valence-corrected chi connectivity index (χ1v) is 5.91. The first-order valence-electron chi connectivity index (χ1n) is 5.91. The van der Waals surface area contributed by atoms with Gasteiger partial charge in [0.15, 0.2) is 0 Å². The van der Waals surface area contributed by atoms with E-state index >= 15 is 0 Å². The number of nitrogens with one attached hydrogen (secondary N) is 3. The van der Waals surface area contributed by atoms with Crippen molar-refractivity contribution in [3.05, 3.63) is 18.2 Å². The Hall–Kier alpha value is -2.09. The van der Waals surface area contributed by atoms with Crippen LogP contribution in [0.15, 0.2) is 12.5 Å². The Kier molecular flexibility index (Phi) is 5.80. The van der Waals surface area contributed by atoms with Crippen LogP contribution in [0.4, 0.5) is 4.79 Å². The summed E-state index contributed by atoms with van der Waals surface area (Å²) in [5, 5.41) is 14.5. The average Bonchev–Trinajstić information content (AvgIpc) is 2.87. The maximum absolute atomic E-state index is 11.8. The molecular formula is C11H19N5O3. The highest BCUT2D eigenvalue weighted by Gasteiger charge is 2.22. The molecule has 106 valence electrons. The minimum atomic E-state index is -1.08. The monoisotopic (exact) mass is 269 g/mol. The van der Waals surface area contributed by atoms with Crippen molar-refractivity contribution in [2.75, 3.05) is 27.2 Å². The molecule has 1 aromatic rings. The molecule has 8 nitrogen and oxygen atoms in total. The van der Waals surface area contributed by atoms with Crippen LogP contribution in [0.25, 0.3) is 0 Å². The second-order valence-corrected chi connectivity index (χ2v) is 4.15. The quantitative estimate of drug-likeness (QED) is 0.521. The van der Waals surface area contributed by atoms with Crippen molar-refractivity contribution in [3.63, 3.8) is 0 Å². The third kappa shape index (κ3) is 4.96. The molecule has 0 saturated heterocycles. The predicted octanol–water partition coefficient (Wildman–Crippen LogP) is -0.734. The number of carboxylic acid groups (broad SMARTS) is 1. The van der Waals surface area contributed by atoms with Gasteiger partial charge in [0, 0.05) is 38.4 Å². The number of rotatable bonds is 7. The Labute approximate surface area is 111 Å². The number of carbonyl (C=O) groups is 2. The molecule has 0 bridgehead atoms. The van der Waals surface area contributed by atoms with Crippen molar-refractivity contribution in [1.82, 2.24) is 25.5 Å². The van der Waals surface area contributed by atoms with Gasteiger partial charge in [-0.1, -0.05) is 0 Å². The molecule has 1 unspecified atom stereocenters. The summed E-state index contributed by atoms with van der Waals surface area (Å²) in [5.74, 6) is -1.08. The molecule has 1 rings (SSSR count). The number of nitrogens with zero attached hydrogens (tertiary/aromatic N) is 2. The highest BCUT2D eigenvalue weighted by Crippen LogP contribution is 1.99. The number of H-pyrrole nitrogens is 1. The van der Waals surface area contributed by atoms with Crippen molar-refractivity contribution in [1.29, 1.82) is 0 Å². The van der Waals surface area contributed by atoms with E-state index in [0.29, 0.717) is 18.8 Å². The van der Waals surface area contributed by atoms with Gasteiger partial charge in [0.2, 0.25) is 0 Å². The van der Waals surface area contributed by atoms with Gasteiger partial charge in [0.1, 0.15) is 6.04 Å². The fourth-order valence-electron chi connectivity index (χ4n) is 1.46. The third-order valence-corrected chi connectivity index (χ3v) is 2.62. The standard InChI is InChI=1S/C11H19N5O3/c1-12-3-4-16(2)11(19)15-9(10(17)18)5-8-6-13-7-14-8/h6-7,9,12H,3-5H2,1-2H3,(H,13,14)(H,15,19)(H,17,18). The predicted molar refractivity (Wildman–Crippen MR) is 68.8 cm³/mol. The van der Waals surface area contributed by atoms with Crippen LogP contribution in [0, 0.1) is 0 Å². The fourth-order valence-corrected chi connectivity index (χ4v) is 1.46. The average molecular weight is 269 g/mol. The number of amides is 2. The summed E-state index contributed by atoms with van der Waals surface area (Å²) in [6, 6.07) is -1.40. The van der Waals surface area contributed by atoms with Crippen molar-refractivity contribution in [3.8, 4) is 0 Å². The van der Waals surface area contributed by atoms with E-state index < -0.39 is 18.0 Å². The van der Waals surface area contributed by atoms with E-state index in [2.05, 4.69) is 20.6 Å². The van der Waals surface area contributed by atoms with Crippen LogP contribution in [-0.2, 0) is 11.2 Å². The largest absolute Gasteiger partial charge is 0.480 e. The summed E-state index contributed by atoms with van der Waals surface area (Å²) >= 11 is 0. The maximum Gasteiger partial charge on any atom is 0.326 e. The first kappa shape index (κ1) is 15.0. The van der Waals surface area contributed by atoms with E-state index in [1.54, 1.807) is 14.1 Å². The van der Waals surface area contributed by atoms with Gasteiger partial charge in [-0.2, -0.15) is 0 Å². The highest BCUT2D eigenvalue weighted by atomic mass is 16.4. The lowest BCUT2D eigenvalue weighted by Crippen LogP contribution is -2.48. The molecule has 1 heterocycles. The maximum atomic E-state index is 11.8. The van der Waals surface area contributed by atoms with E-state index in [0.717, 1.165) is 0 Å². The molecule has 0 aliphatic carbocycles. The van der Waals surface area contributed by atoms with Gasteiger partial charge >= 0.3 is 12.0 Å². The number of hydrogen-bond donors (Lipinski definition) is 4. The van der Waals surface area contributed by atoms with Gasteiger partial charge in [-0.05, 0) is 7.05 Å². The minimum absolute atomic E-state index is 0.168. The Balaban J connectivity index is 2.53. The zero-order valence-corrected chi connectivity index (χ0v) is 11.0. The molecule has 8 heteroatoms. The van der Waals surface area contributed by atoms with Crippen LogP contribution in [0.5, 0.6) is 0 Å². The Morgan fingerprint density at radius 2 is 2.32 bits per heavy atom. The molecule has 0 aliphatic rings. The van der Waals surface area contributed by atoms with E-state index in [9.17, 15) is 9.59 Å². The van der Waals surface area contributed by atoms with Crippen molar-refractivity contribution < 1.29 is 14.7 Å². The molecule has 0 spiro atoms. The van der Waals surface area contributed by atoms with E-state index in [1.807, 2.05) is 0 Å². The van der Waals surface area contributed by atoms with Crippen LogP contribution in [0.1, 0.15) is 5.69 Å². The fraction of sp³-hybridized carbons (Fsp3) is 0.545. The van der Waals surface area contributed by atoms with E-state index in [-0.39, 0.29) is 6.42 Å². The summed E-state index contributed by atoms with van der Waals surface area (Å²) in [5.41, 5.74) is 0.658. The normalized spacial score (nSPS) is 11.9. The molecule has 0 fully saturated rings. The summed E-state index contributed by atoms with van der Waals surface area (Å²) in [6.07, 6.45) is 3.17. The lowest BCUT2D eigenvalue weighted by atomic mass is 10.1. The van der Waals surface area contributed by atoms with Gasteiger partial charge in [-0.25, -0.2) is 14.6 Å². The summed E-state index contributed by atoms with van der Waals surface area (Å²) in [4.78, 5) is 31.0. The topological polar surface area (TPSA) is 110 Å². The molecule has 19 heavy (non-hydrogen) atoms. The van der Waals surface area contributed by atoms with Crippen molar-refractivity contribution in [2.45, 2.75) is 12.5 Å². The molecule has 0 saturated carbocycles. The summed E-state index contributed by atoms with van der Waals surface area (Å²) in [7, 11) is 3.39. The number of aliphatic carboxylic acids is 1. The molecule has 0 radical (unpaired) electrons. The number of imidazole rings is 1. The van der Waals surface area contributed by atoms with Gasteiger partial charge < -0.3 is 25.6 Å². The Bertz CT molecular complexity index is 406. The zero-order chi connectivity index (χ0) is 14.3. The van der Waals surface area contributed by atoms with Crippen molar-refractivity contribution >= 4 is 12.0 Å². The smallest absolute Gasteiger partial charge is 0.326 e. The van der Waals surface area contributed by atoms with Gasteiger partial charge in [-0.15, -0.1) is 0 Å². The van der Waals surface area contributed by atoms with Crippen molar-refractivity contribution in [2.24, 2.45) is 0 Å². The number of urea groups is 1. The molecule has 1 atom stereocenters. The number of hydrogen-bond acceptors (Lipinski definition) is 4.